The van der Waals surface area contributed by atoms with Crippen LogP contribution in [0.4, 0.5) is 5.69 Å². The summed E-state index contributed by atoms with van der Waals surface area (Å²) in [5.74, 6) is -0.226. The molecule has 3 heteroatoms. The van der Waals surface area contributed by atoms with Gasteiger partial charge in [0.05, 0.1) is 6.42 Å². The number of anilines is 1. The van der Waals surface area contributed by atoms with Gasteiger partial charge in [0.2, 0.25) is 0 Å². The Kier molecular flexibility index (Phi) is 3.58. The van der Waals surface area contributed by atoms with Crippen LogP contribution < -0.4 is 5.73 Å². The number of benzene rings is 1. The van der Waals surface area contributed by atoms with Crippen molar-refractivity contribution in [1.29, 1.82) is 0 Å². The van der Waals surface area contributed by atoms with Gasteiger partial charge < -0.3 is 10.5 Å². The molecule has 0 bridgehead atoms. The summed E-state index contributed by atoms with van der Waals surface area (Å²) in [6.45, 7) is 7.50. The van der Waals surface area contributed by atoms with E-state index in [1.807, 2.05) is 45.9 Å². The third kappa shape index (κ3) is 3.93. The average molecular weight is 221 g/mol. The van der Waals surface area contributed by atoms with Crippen molar-refractivity contribution in [2.24, 2.45) is 0 Å². The van der Waals surface area contributed by atoms with E-state index in [-0.39, 0.29) is 12.4 Å². The van der Waals surface area contributed by atoms with E-state index >= 15 is 0 Å². The van der Waals surface area contributed by atoms with Crippen molar-refractivity contribution in [3.63, 3.8) is 0 Å². The van der Waals surface area contributed by atoms with Gasteiger partial charge in [0.1, 0.15) is 5.60 Å². The molecule has 16 heavy (non-hydrogen) atoms. The fraction of sp³-hybridized carbons (Fsp3) is 0.462. The maximum atomic E-state index is 11.6. The molecule has 3 nitrogen and oxygen atoms in total. The number of aryl methyl sites for hydroxylation is 1. The molecule has 0 aliphatic carbocycles. The first kappa shape index (κ1) is 12.6. The summed E-state index contributed by atoms with van der Waals surface area (Å²) < 4.78 is 5.23. The normalized spacial score (nSPS) is 11.2. The van der Waals surface area contributed by atoms with Crippen molar-refractivity contribution >= 4 is 11.7 Å². The topological polar surface area (TPSA) is 52.3 Å². The Hall–Kier alpha value is -1.51. The van der Waals surface area contributed by atoms with Crippen LogP contribution in [0.5, 0.6) is 0 Å². The Morgan fingerprint density at radius 2 is 2.00 bits per heavy atom. The van der Waals surface area contributed by atoms with E-state index in [4.69, 9.17) is 10.5 Å². The van der Waals surface area contributed by atoms with Gasteiger partial charge in [-0.05, 0) is 44.9 Å². The van der Waals surface area contributed by atoms with Crippen LogP contribution in [0.3, 0.4) is 0 Å². The fourth-order valence-electron chi connectivity index (χ4n) is 1.34. The highest BCUT2D eigenvalue weighted by atomic mass is 16.6. The lowest BCUT2D eigenvalue weighted by Gasteiger charge is -2.19. The van der Waals surface area contributed by atoms with Crippen molar-refractivity contribution in [2.45, 2.75) is 39.7 Å². The molecule has 1 aromatic carbocycles. The molecule has 0 spiro atoms. The minimum atomic E-state index is -0.437. The fourth-order valence-corrected chi connectivity index (χ4v) is 1.34. The molecule has 0 aliphatic heterocycles. The second-order valence-corrected chi connectivity index (χ2v) is 4.95. The third-order valence-corrected chi connectivity index (χ3v) is 2.11. The van der Waals surface area contributed by atoms with Gasteiger partial charge in [0, 0.05) is 5.69 Å². The molecule has 0 saturated carbocycles. The van der Waals surface area contributed by atoms with Crippen LogP contribution in [0.2, 0.25) is 0 Å². The largest absolute Gasteiger partial charge is 0.460 e. The summed E-state index contributed by atoms with van der Waals surface area (Å²) in [5, 5.41) is 0. The molecule has 2 N–H and O–H groups in total. The van der Waals surface area contributed by atoms with Crippen LogP contribution in [0.1, 0.15) is 31.9 Å². The predicted molar refractivity (Wildman–Crippen MR) is 65.1 cm³/mol. The Morgan fingerprint density at radius 1 is 1.38 bits per heavy atom. The summed E-state index contributed by atoms with van der Waals surface area (Å²) >= 11 is 0. The van der Waals surface area contributed by atoms with Crippen LogP contribution in [-0.4, -0.2) is 11.6 Å². The second kappa shape index (κ2) is 4.56. The van der Waals surface area contributed by atoms with Crippen molar-refractivity contribution in [2.75, 3.05) is 5.73 Å². The number of esters is 1. The molecular formula is C13H19NO2. The Labute approximate surface area is 96.6 Å². The number of carbonyl (C=O) groups is 1. The summed E-state index contributed by atoms with van der Waals surface area (Å²) in [6, 6.07) is 5.63. The first-order valence-corrected chi connectivity index (χ1v) is 5.35. The van der Waals surface area contributed by atoms with Gasteiger partial charge in [-0.15, -0.1) is 0 Å². The highest BCUT2D eigenvalue weighted by Crippen LogP contribution is 2.15. The monoisotopic (exact) mass is 221 g/mol. The van der Waals surface area contributed by atoms with E-state index in [0.29, 0.717) is 5.69 Å². The van der Waals surface area contributed by atoms with Crippen LogP contribution >= 0.6 is 0 Å². The average Bonchev–Trinajstić information content (AvgIpc) is 2.08. The minimum absolute atomic E-state index is 0.226. The van der Waals surface area contributed by atoms with Crippen LogP contribution in [0, 0.1) is 6.92 Å². The third-order valence-electron chi connectivity index (χ3n) is 2.11. The summed E-state index contributed by atoms with van der Waals surface area (Å²) in [5.41, 5.74) is 7.95. The Morgan fingerprint density at radius 3 is 2.50 bits per heavy atom. The number of carbonyl (C=O) groups excluding carboxylic acids is 1. The highest BCUT2D eigenvalue weighted by Gasteiger charge is 2.16. The summed E-state index contributed by atoms with van der Waals surface area (Å²) in [4.78, 5) is 11.6. The van der Waals surface area contributed by atoms with E-state index < -0.39 is 5.60 Å². The van der Waals surface area contributed by atoms with Crippen molar-refractivity contribution in [3.05, 3.63) is 29.3 Å². The zero-order valence-corrected chi connectivity index (χ0v) is 10.3. The first-order chi connectivity index (χ1) is 7.28. The quantitative estimate of drug-likeness (QED) is 0.616. The van der Waals surface area contributed by atoms with E-state index in [9.17, 15) is 4.79 Å². The maximum absolute atomic E-state index is 11.6. The number of nitrogen functional groups attached to an aromatic ring is 1. The molecule has 0 atom stereocenters. The molecule has 0 fully saturated rings. The van der Waals surface area contributed by atoms with Crippen LogP contribution in [-0.2, 0) is 16.0 Å². The van der Waals surface area contributed by atoms with Gasteiger partial charge in [-0.2, -0.15) is 0 Å². The van der Waals surface area contributed by atoms with Gasteiger partial charge in [-0.3, -0.25) is 4.79 Å². The van der Waals surface area contributed by atoms with Crippen LogP contribution in [0.25, 0.3) is 0 Å². The molecule has 0 amide bonds. The molecule has 0 aromatic heterocycles. The minimum Gasteiger partial charge on any atom is -0.460 e. The van der Waals surface area contributed by atoms with Gasteiger partial charge in [0.15, 0.2) is 0 Å². The van der Waals surface area contributed by atoms with Gasteiger partial charge in [-0.25, -0.2) is 0 Å². The number of hydrogen-bond acceptors (Lipinski definition) is 3. The molecule has 88 valence electrons. The second-order valence-electron chi connectivity index (χ2n) is 4.95. The maximum Gasteiger partial charge on any atom is 0.310 e. The SMILES string of the molecule is Cc1ccc(CC(=O)OC(C)(C)C)cc1N. The van der Waals surface area contributed by atoms with Gasteiger partial charge in [0.25, 0.3) is 0 Å². The molecule has 0 saturated heterocycles. The van der Waals surface area contributed by atoms with E-state index in [1.165, 1.54) is 0 Å². The molecule has 1 rings (SSSR count). The lowest BCUT2D eigenvalue weighted by atomic mass is 10.1. The van der Waals surface area contributed by atoms with E-state index in [1.54, 1.807) is 0 Å². The van der Waals surface area contributed by atoms with Crippen molar-refractivity contribution < 1.29 is 9.53 Å². The molecule has 0 aliphatic rings. The molecule has 0 radical (unpaired) electrons. The zero-order chi connectivity index (χ0) is 12.3. The summed E-state index contributed by atoms with van der Waals surface area (Å²) in [7, 11) is 0. The van der Waals surface area contributed by atoms with Crippen molar-refractivity contribution in [1.82, 2.24) is 0 Å². The summed E-state index contributed by atoms with van der Waals surface area (Å²) in [6.07, 6.45) is 0.266. The predicted octanol–water partition coefficient (Wildman–Crippen LogP) is 2.46. The van der Waals surface area contributed by atoms with Gasteiger partial charge in [-0.1, -0.05) is 12.1 Å². The number of hydrogen-bond donors (Lipinski definition) is 1. The van der Waals surface area contributed by atoms with Crippen molar-refractivity contribution in [3.8, 4) is 0 Å². The van der Waals surface area contributed by atoms with Gasteiger partial charge >= 0.3 is 5.97 Å². The number of ether oxygens (including phenoxy) is 1. The number of nitrogens with two attached hydrogens (primary N) is 1. The highest BCUT2D eigenvalue weighted by molar-refractivity contribution is 5.73. The van der Waals surface area contributed by atoms with Crippen LogP contribution in [0.15, 0.2) is 18.2 Å². The lowest BCUT2D eigenvalue weighted by Crippen LogP contribution is -2.24. The number of rotatable bonds is 2. The standard InChI is InChI=1S/C13H19NO2/c1-9-5-6-10(7-11(9)14)8-12(15)16-13(2,3)4/h5-7H,8,14H2,1-4H3. The molecule has 0 heterocycles. The molecule has 1 aromatic rings. The smallest absolute Gasteiger partial charge is 0.310 e. The molecular weight excluding hydrogens is 202 g/mol. The Balaban J connectivity index is 2.67. The van der Waals surface area contributed by atoms with E-state index in [2.05, 4.69) is 0 Å². The molecule has 0 unspecified atom stereocenters. The first-order valence-electron chi connectivity index (χ1n) is 5.35. The van der Waals surface area contributed by atoms with E-state index in [0.717, 1.165) is 11.1 Å². The Bertz CT molecular complexity index is 391. The zero-order valence-electron chi connectivity index (χ0n) is 10.3. The lowest BCUT2D eigenvalue weighted by molar-refractivity contribution is -0.153.